The van der Waals surface area contributed by atoms with Crippen molar-refractivity contribution in [3.05, 3.63) is 53.2 Å². The molecule has 44 heavy (non-hydrogen) atoms. The lowest BCUT2D eigenvalue weighted by Crippen LogP contribution is -2.50. The van der Waals surface area contributed by atoms with Crippen LogP contribution in [0.4, 0.5) is 11.5 Å². The van der Waals surface area contributed by atoms with Crippen LogP contribution in [0.25, 0.3) is 0 Å². The number of primary amides is 1. The molecule has 2 saturated carbocycles. The second kappa shape index (κ2) is 12.5. The van der Waals surface area contributed by atoms with E-state index in [1.807, 2.05) is 18.2 Å². The van der Waals surface area contributed by atoms with E-state index in [-0.39, 0.29) is 29.7 Å². The molecule has 3 aliphatic heterocycles. The molecule has 4 heterocycles. The minimum absolute atomic E-state index is 0.0734. The summed E-state index contributed by atoms with van der Waals surface area (Å²) in [7, 11) is 0. The predicted octanol–water partition coefficient (Wildman–Crippen LogP) is 4.91. The van der Waals surface area contributed by atoms with Gasteiger partial charge in [-0.15, -0.1) is 0 Å². The van der Waals surface area contributed by atoms with E-state index in [2.05, 4.69) is 25.4 Å². The number of aromatic nitrogens is 1. The fourth-order valence-corrected chi connectivity index (χ4v) is 8.31. The molecule has 2 amide bonds. The molecular weight excluding hydrogens is 552 g/mol. The van der Waals surface area contributed by atoms with Crippen LogP contribution in [0, 0.1) is 5.92 Å². The fraction of sp³-hybridized carbons (Fsp3) is 0.600. The maximum atomic E-state index is 13.5. The third-order valence-electron chi connectivity index (χ3n) is 10.8. The van der Waals surface area contributed by atoms with E-state index < -0.39 is 5.91 Å². The largest absolute Gasteiger partial charge is 0.382 e. The number of carbonyl (C=O) groups is 3. The average molecular weight is 599 g/mol. The number of benzene rings is 1. The van der Waals surface area contributed by atoms with Crippen LogP contribution in [-0.4, -0.2) is 70.8 Å². The number of carbonyl (C=O) groups excluding carboxylic acids is 3. The summed E-state index contributed by atoms with van der Waals surface area (Å²) in [5.41, 5.74) is 8.10. The molecule has 5 aliphatic rings. The van der Waals surface area contributed by atoms with Crippen LogP contribution >= 0.6 is 0 Å². The molecule has 4 N–H and O–H groups in total. The first kappa shape index (κ1) is 29.3. The molecule has 1 aromatic carbocycles. The Balaban J connectivity index is 0.968. The number of hydrogen-bond acceptors (Lipinski definition) is 7. The van der Waals surface area contributed by atoms with Crippen molar-refractivity contribution in [3.8, 4) is 0 Å². The summed E-state index contributed by atoms with van der Waals surface area (Å²) in [6.07, 6.45) is 16.0. The third-order valence-corrected chi connectivity index (χ3v) is 10.8. The van der Waals surface area contributed by atoms with Crippen molar-refractivity contribution in [1.82, 2.24) is 15.2 Å². The Morgan fingerprint density at radius 2 is 1.45 bits per heavy atom. The van der Waals surface area contributed by atoms with Crippen molar-refractivity contribution in [2.45, 2.75) is 114 Å². The van der Waals surface area contributed by atoms with Crippen molar-refractivity contribution >= 4 is 29.1 Å². The second-order valence-corrected chi connectivity index (χ2v) is 13.8. The number of ketones is 1. The van der Waals surface area contributed by atoms with E-state index in [1.165, 1.54) is 32.4 Å². The van der Waals surface area contributed by atoms with Crippen molar-refractivity contribution in [2.75, 3.05) is 23.3 Å². The van der Waals surface area contributed by atoms with Crippen molar-refractivity contribution in [2.24, 2.45) is 11.7 Å². The van der Waals surface area contributed by atoms with Crippen LogP contribution in [-0.2, 0) is 0 Å². The second-order valence-electron chi connectivity index (χ2n) is 13.8. The number of nitrogens with zero attached hydrogens (tertiary/aromatic N) is 3. The van der Waals surface area contributed by atoms with Gasteiger partial charge in [-0.2, -0.15) is 0 Å². The summed E-state index contributed by atoms with van der Waals surface area (Å²) in [6, 6.07) is 10.8. The van der Waals surface area contributed by atoms with Gasteiger partial charge in [0.25, 0.3) is 11.8 Å². The van der Waals surface area contributed by atoms with E-state index in [1.54, 1.807) is 18.3 Å². The maximum Gasteiger partial charge on any atom is 0.251 e. The average Bonchev–Trinajstić information content (AvgIpc) is 3.86. The van der Waals surface area contributed by atoms with Gasteiger partial charge >= 0.3 is 0 Å². The van der Waals surface area contributed by atoms with Crippen LogP contribution in [0.3, 0.4) is 0 Å². The molecule has 2 aliphatic carbocycles. The number of fused-ring (bicyclic) bond motifs is 2. The van der Waals surface area contributed by atoms with Gasteiger partial charge in [-0.1, -0.05) is 6.42 Å². The Hall–Kier alpha value is -3.46. The van der Waals surface area contributed by atoms with Gasteiger partial charge in [0.1, 0.15) is 5.82 Å². The van der Waals surface area contributed by atoms with Crippen LogP contribution < -0.4 is 21.3 Å². The molecule has 3 atom stereocenters. The molecule has 2 aromatic rings. The monoisotopic (exact) mass is 598 g/mol. The maximum absolute atomic E-state index is 13.5. The highest BCUT2D eigenvalue weighted by atomic mass is 16.2. The minimum Gasteiger partial charge on any atom is -0.382 e. The molecule has 7 rings (SSSR count). The first-order valence-electron chi connectivity index (χ1n) is 17.0. The summed E-state index contributed by atoms with van der Waals surface area (Å²) < 4.78 is 0. The number of hydrogen-bond donors (Lipinski definition) is 3. The molecule has 9 nitrogen and oxygen atoms in total. The van der Waals surface area contributed by atoms with E-state index in [0.717, 1.165) is 70.0 Å². The van der Waals surface area contributed by atoms with Gasteiger partial charge in [0.2, 0.25) is 0 Å². The molecule has 2 bridgehead atoms. The third kappa shape index (κ3) is 6.21. The fourth-order valence-electron chi connectivity index (χ4n) is 8.31. The van der Waals surface area contributed by atoms with Crippen LogP contribution in [0.15, 0.2) is 36.5 Å². The van der Waals surface area contributed by atoms with Crippen LogP contribution in [0.2, 0.25) is 0 Å². The summed E-state index contributed by atoms with van der Waals surface area (Å²) in [6.45, 7) is 2.44. The molecular formula is C35H46N6O3. The minimum atomic E-state index is -0.482. The number of pyridine rings is 1. The quantitative estimate of drug-likeness (QED) is 0.351. The molecule has 0 unspecified atom stereocenters. The zero-order valence-electron chi connectivity index (χ0n) is 25.7. The summed E-state index contributed by atoms with van der Waals surface area (Å²) >= 11 is 0. The van der Waals surface area contributed by atoms with Gasteiger partial charge < -0.3 is 26.2 Å². The smallest absolute Gasteiger partial charge is 0.251 e. The van der Waals surface area contributed by atoms with Crippen molar-refractivity contribution in [3.63, 3.8) is 0 Å². The Bertz CT molecular complexity index is 1360. The summed E-state index contributed by atoms with van der Waals surface area (Å²) in [5, 5.41) is 6.88. The van der Waals surface area contributed by atoms with Crippen molar-refractivity contribution in [1.29, 1.82) is 0 Å². The lowest BCUT2D eigenvalue weighted by Gasteiger charge is -2.40. The van der Waals surface area contributed by atoms with Gasteiger partial charge in [-0.25, -0.2) is 4.98 Å². The summed E-state index contributed by atoms with van der Waals surface area (Å²) in [5.74, 6) is 0.746. The number of amides is 2. The van der Waals surface area contributed by atoms with Gasteiger partial charge in [0, 0.05) is 59.1 Å². The number of piperidine rings is 2. The highest BCUT2D eigenvalue weighted by Crippen LogP contribution is 2.39. The number of rotatable bonds is 9. The van der Waals surface area contributed by atoms with E-state index in [0.29, 0.717) is 40.5 Å². The van der Waals surface area contributed by atoms with E-state index in [4.69, 9.17) is 5.73 Å². The lowest BCUT2D eigenvalue weighted by molar-refractivity contribution is 0.0924. The SMILES string of the molecule is NC(=O)c1ccc(C(=O)N[C@H]2C[C@H]3CC[C@@H](C2)N3c2ccc(C(=O)C3CC3)cn2)cc1N[C@H]1CC[C@H](N2CCCCC2)CC1. The first-order chi connectivity index (χ1) is 21.4. The van der Waals surface area contributed by atoms with Crippen LogP contribution in [0.1, 0.15) is 115 Å². The van der Waals surface area contributed by atoms with Gasteiger partial charge in [-0.05, 0) is 120 Å². The molecule has 9 heteroatoms. The molecule has 234 valence electrons. The predicted molar refractivity (Wildman–Crippen MR) is 171 cm³/mol. The zero-order valence-corrected chi connectivity index (χ0v) is 25.7. The van der Waals surface area contributed by atoms with Crippen LogP contribution in [0.5, 0.6) is 0 Å². The van der Waals surface area contributed by atoms with E-state index >= 15 is 0 Å². The topological polar surface area (TPSA) is 121 Å². The zero-order chi connectivity index (χ0) is 30.2. The first-order valence-corrected chi connectivity index (χ1v) is 17.0. The lowest BCUT2D eigenvalue weighted by atomic mass is 9.88. The van der Waals surface area contributed by atoms with Crippen molar-refractivity contribution < 1.29 is 14.4 Å². The van der Waals surface area contributed by atoms with Gasteiger partial charge in [-0.3, -0.25) is 14.4 Å². The standard InChI is InChI=1S/C35H46N6O3/c36-34(43)30-14-6-23(18-31(30)38-25-8-10-27(11-9-25)40-16-2-1-3-17-40)35(44)39-26-19-28-12-13-29(20-26)41(28)32-15-7-24(21-37-32)33(42)22-4-5-22/h6-7,14-15,18,21-22,25-29,38H,1-5,8-13,16-17,19-20H2,(H2,36,43)(H,39,44)/t25-,26-,27-,28+,29-. The Kier molecular flexibility index (Phi) is 8.31. The number of anilines is 2. The molecule has 3 saturated heterocycles. The Labute approximate surface area is 260 Å². The van der Waals surface area contributed by atoms with E-state index in [9.17, 15) is 14.4 Å². The highest BCUT2D eigenvalue weighted by Gasteiger charge is 2.42. The normalized spacial score (nSPS) is 28.8. The molecule has 0 radical (unpaired) electrons. The number of likely N-dealkylation sites (tertiary alicyclic amines) is 1. The number of nitrogens with one attached hydrogen (secondary N) is 2. The van der Waals surface area contributed by atoms with Gasteiger partial charge in [0.05, 0.1) is 5.56 Å². The number of Topliss-reactive ketones (excluding diaryl/α,β-unsaturated/α-hetero) is 1. The highest BCUT2D eigenvalue weighted by molar-refractivity contribution is 6.02. The molecule has 5 fully saturated rings. The molecule has 0 spiro atoms. The Morgan fingerprint density at radius 1 is 0.773 bits per heavy atom. The number of nitrogens with two attached hydrogens (primary N) is 1. The summed E-state index contributed by atoms with van der Waals surface area (Å²) in [4.78, 5) is 47.9. The van der Waals surface area contributed by atoms with Gasteiger partial charge in [0.15, 0.2) is 5.78 Å². The molecule has 1 aromatic heterocycles. The Morgan fingerprint density at radius 3 is 2.09 bits per heavy atom.